The Labute approximate surface area is 380 Å². The number of aryl methyl sites for hydroxylation is 3. The van der Waals surface area contributed by atoms with E-state index in [0.29, 0.717) is 36.5 Å². The summed E-state index contributed by atoms with van der Waals surface area (Å²) in [6.07, 6.45) is 1.27. The van der Waals surface area contributed by atoms with Gasteiger partial charge in [0.25, 0.3) is 0 Å². The van der Waals surface area contributed by atoms with E-state index < -0.39 is 17.9 Å². The van der Waals surface area contributed by atoms with Crippen molar-refractivity contribution in [3.8, 4) is 17.2 Å². The van der Waals surface area contributed by atoms with Crippen LogP contribution >= 0.6 is 0 Å². The van der Waals surface area contributed by atoms with Gasteiger partial charge in [0.1, 0.15) is 17.2 Å². The van der Waals surface area contributed by atoms with Crippen molar-refractivity contribution in [1.82, 2.24) is 0 Å². The summed E-state index contributed by atoms with van der Waals surface area (Å²) in [5.74, 6) is -2.18. The first-order valence-electron chi connectivity index (χ1n) is 21.0. The van der Waals surface area contributed by atoms with Gasteiger partial charge in [-0.05, 0) is 121 Å². The van der Waals surface area contributed by atoms with Gasteiger partial charge in [0.05, 0.1) is 0 Å². The maximum absolute atomic E-state index is 10.6. The molecule has 0 fully saturated rings. The molecule has 0 aliphatic carbocycles. The molecule has 1 radical (unpaired) electrons. The molecule has 0 aromatic heterocycles. The molecule has 3 rings (SSSR count). The third-order valence-electron chi connectivity index (χ3n) is 10.2. The average molecular weight is 933 g/mol. The van der Waals surface area contributed by atoms with E-state index in [2.05, 4.69) is 0 Å². The monoisotopic (exact) mass is 933 g/mol. The van der Waals surface area contributed by atoms with Crippen LogP contribution in [0.2, 0.25) is 0 Å². The molecule has 0 heterocycles. The molecule has 3 aromatic carbocycles. The van der Waals surface area contributed by atoms with Crippen LogP contribution in [0.25, 0.3) is 0 Å². The van der Waals surface area contributed by atoms with Gasteiger partial charge in [-0.3, -0.25) is 0 Å². The maximum Gasteiger partial charge on any atom is 3.00 e. The summed E-state index contributed by atoms with van der Waals surface area (Å²) in [5, 5.41) is 63.5. The summed E-state index contributed by atoms with van der Waals surface area (Å²) in [7, 11) is 0. The summed E-state index contributed by atoms with van der Waals surface area (Å²) in [4.78, 5) is 31.9. The number of carbonyl (C=O) groups excluding carboxylic acids is 3. The van der Waals surface area contributed by atoms with Crippen molar-refractivity contribution in [2.75, 3.05) is 0 Å². The van der Waals surface area contributed by atoms with E-state index >= 15 is 0 Å². The van der Waals surface area contributed by atoms with Crippen molar-refractivity contribution < 1.29 is 64.5 Å². The SMILES string of the molecule is CC(C)(C)c1cc(CCC(=O)[O-])cc(C(C)(C)C)c1O.CC(C)(C)c1cc(CCC(=O)[O-])cc(C(C)(C)C)c1O.CC(C)(C)c1cc(CCC(=O)[O-])cc(C(C)(C)C)c1O.[Ru+3]. The van der Waals surface area contributed by atoms with Crippen molar-refractivity contribution >= 4 is 17.9 Å². The topological polar surface area (TPSA) is 181 Å². The molecule has 0 amide bonds. The fraction of sp³-hybridized carbons (Fsp3) is 0.588. The fourth-order valence-electron chi connectivity index (χ4n) is 6.69. The van der Waals surface area contributed by atoms with E-state index in [1.54, 1.807) is 0 Å². The molecule has 0 spiro atoms. The molecule has 0 aliphatic rings. The van der Waals surface area contributed by atoms with Gasteiger partial charge >= 0.3 is 19.5 Å². The van der Waals surface area contributed by atoms with Crippen molar-refractivity contribution in [3.63, 3.8) is 0 Å². The Balaban J connectivity index is 0.000000878. The number of phenols is 3. The van der Waals surface area contributed by atoms with Crippen LogP contribution in [-0.2, 0) is 85.6 Å². The Bertz CT molecular complexity index is 1640. The summed E-state index contributed by atoms with van der Waals surface area (Å²) in [6, 6.07) is 11.5. The summed E-state index contributed by atoms with van der Waals surface area (Å²) in [5.41, 5.74) is 6.80. The molecule has 61 heavy (non-hydrogen) atoms. The van der Waals surface area contributed by atoms with E-state index in [0.717, 1.165) is 50.1 Å². The van der Waals surface area contributed by atoms with Crippen LogP contribution in [-0.4, -0.2) is 33.2 Å². The van der Waals surface area contributed by atoms with E-state index in [9.17, 15) is 45.0 Å². The van der Waals surface area contributed by atoms with Crippen LogP contribution in [0, 0.1) is 0 Å². The number of carboxylic acids is 3. The first-order valence-corrected chi connectivity index (χ1v) is 21.0. The number of carboxylic acid groups (broad SMARTS) is 3. The van der Waals surface area contributed by atoms with Gasteiger partial charge in [-0.2, -0.15) is 0 Å². The van der Waals surface area contributed by atoms with Crippen LogP contribution in [0.4, 0.5) is 0 Å². The molecule has 341 valence electrons. The summed E-state index contributed by atoms with van der Waals surface area (Å²) < 4.78 is 0. The number of hydrogen-bond donors (Lipinski definition) is 3. The second kappa shape index (κ2) is 21.4. The zero-order valence-corrected chi connectivity index (χ0v) is 42.1. The minimum Gasteiger partial charge on any atom is -0.550 e. The van der Waals surface area contributed by atoms with Gasteiger partial charge in [-0.15, -0.1) is 0 Å². The van der Waals surface area contributed by atoms with Crippen molar-refractivity contribution in [3.05, 3.63) is 86.5 Å². The molecule has 0 aliphatic heterocycles. The van der Waals surface area contributed by atoms with Crippen LogP contribution in [0.15, 0.2) is 36.4 Å². The van der Waals surface area contributed by atoms with Gasteiger partial charge in [0.15, 0.2) is 0 Å². The summed E-state index contributed by atoms with van der Waals surface area (Å²) >= 11 is 0. The minimum atomic E-state index is -1.05. The third kappa shape index (κ3) is 18.2. The summed E-state index contributed by atoms with van der Waals surface area (Å²) in [6.45, 7) is 36.7. The Morgan fingerprint density at radius 2 is 0.492 bits per heavy atom. The zero-order valence-electron chi connectivity index (χ0n) is 40.4. The molecule has 10 heteroatoms. The Hall–Kier alpha value is -3.91. The van der Waals surface area contributed by atoms with Crippen LogP contribution in [0.3, 0.4) is 0 Å². The van der Waals surface area contributed by atoms with Gasteiger partial charge in [-0.25, -0.2) is 0 Å². The van der Waals surface area contributed by atoms with E-state index in [-0.39, 0.29) is 71.2 Å². The molecule has 0 saturated heterocycles. The number of benzene rings is 3. The van der Waals surface area contributed by atoms with E-state index in [1.165, 1.54) is 0 Å². The third-order valence-corrected chi connectivity index (χ3v) is 10.2. The Kier molecular flexibility index (Phi) is 20.1. The first kappa shape index (κ1) is 57.1. The second-order valence-electron chi connectivity index (χ2n) is 22.2. The van der Waals surface area contributed by atoms with Crippen LogP contribution < -0.4 is 15.3 Å². The molecule has 3 N–H and O–H groups in total. The largest absolute Gasteiger partial charge is 3.00 e. The molecular weight excluding hydrogens is 858 g/mol. The number of carbonyl (C=O) groups is 3. The van der Waals surface area contributed by atoms with Gasteiger partial charge in [0, 0.05) is 17.9 Å². The number of aliphatic carboxylic acids is 3. The molecule has 0 atom stereocenters. The second-order valence-corrected chi connectivity index (χ2v) is 22.2. The maximum atomic E-state index is 10.6. The quantitative estimate of drug-likeness (QED) is 0.179. The van der Waals surface area contributed by atoms with Crippen molar-refractivity contribution in [2.45, 2.75) is 196 Å². The molecule has 0 bridgehead atoms. The molecule has 0 unspecified atom stereocenters. The average Bonchev–Trinajstić information content (AvgIpc) is 3.04. The predicted octanol–water partition coefficient (Wildman–Crippen LogP) is 8.01. The van der Waals surface area contributed by atoms with E-state index in [1.807, 2.05) is 161 Å². The van der Waals surface area contributed by atoms with Crippen LogP contribution in [0.1, 0.15) is 194 Å². The normalized spacial score (nSPS) is 12.3. The number of phenolic OH excluding ortho intramolecular Hbond substituents is 3. The van der Waals surface area contributed by atoms with Crippen molar-refractivity contribution in [2.24, 2.45) is 0 Å². The van der Waals surface area contributed by atoms with Crippen LogP contribution in [0.5, 0.6) is 17.2 Å². The van der Waals surface area contributed by atoms with Crippen molar-refractivity contribution in [1.29, 1.82) is 0 Å². The number of rotatable bonds is 9. The van der Waals surface area contributed by atoms with E-state index in [4.69, 9.17) is 0 Å². The van der Waals surface area contributed by atoms with Gasteiger partial charge in [0.2, 0.25) is 0 Å². The Morgan fingerprint density at radius 3 is 0.590 bits per heavy atom. The molecule has 3 aromatic rings. The smallest absolute Gasteiger partial charge is 0.550 e. The number of aromatic hydroxyl groups is 3. The van der Waals surface area contributed by atoms with Gasteiger partial charge < -0.3 is 45.0 Å². The number of hydrogen-bond acceptors (Lipinski definition) is 9. The first-order chi connectivity index (χ1) is 26.8. The van der Waals surface area contributed by atoms with Gasteiger partial charge in [-0.1, -0.05) is 161 Å². The minimum absolute atomic E-state index is 0. The zero-order chi connectivity index (χ0) is 47.1. The molecule has 9 nitrogen and oxygen atoms in total. The fourth-order valence-corrected chi connectivity index (χ4v) is 6.69. The standard InChI is InChI=1S/3C17H26O3.Ru/c3*1-16(2,3)12-9-11(7-8-14(18)19)10-13(15(12)20)17(4,5)6;/h3*9-10,20H,7-8H2,1-6H3,(H,18,19);/q;;;+3/p-3. The molecule has 0 saturated carbocycles. The molecular formula is C51H75O9Ru. The predicted molar refractivity (Wildman–Crippen MR) is 237 cm³/mol. The Morgan fingerprint density at radius 1 is 0.361 bits per heavy atom.